The Morgan fingerprint density at radius 3 is 2.93 bits per heavy atom. The lowest BCUT2D eigenvalue weighted by molar-refractivity contribution is 0.441. The van der Waals surface area contributed by atoms with E-state index in [1.54, 1.807) is 11.6 Å². The first-order chi connectivity index (χ1) is 7.28. The van der Waals surface area contributed by atoms with E-state index in [1.807, 2.05) is 13.2 Å². The van der Waals surface area contributed by atoms with Crippen molar-refractivity contribution >= 4 is 0 Å². The Labute approximate surface area is 86.5 Å². The second-order valence-electron chi connectivity index (χ2n) is 3.15. The molecular weight excluding hydrogens is 196 g/mol. The van der Waals surface area contributed by atoms with Gasteiger partial charge in [0.1, 0.15) is 6.54 Å². The summed E-state index contributed by atoms with van der Waals surface area (Å²) in [5.74, 6) is 1.09. The highest BCUT2D eigenvalue weighted by molar-refractivity contribution is 4.92. The molecule has 2 aromatic heterocycles. The fraction of sp³-hybridized carbons (Fsp3) is 0.500. The number of aromatic nitrogens is 5. The predicted molar refractivity (Wildman–Crippen MR) is 50.9 cm³/mol. The molecule has 0 radical (unpaired) electrons. The lowest BCUT2D eigenvalue weighted by Crippen LogP contribution is -2.05. The van der Waals surface area contributed by atoms with Crippen LogP contribution in [0.15, 0.2) is 10.6 Å². The standard InChI is InChI=1S/C8H12N6O/c1-6-10-12-8(15-6)5-14-4-7(3-9-2)11-13-14/h4,9H,3,5H2,1-2H3. The van der Waals surface area contributed by atoms with Gasteiger partial charge in [-0.15, -0.1) is 15.3 Å². The molecule has 0 aliphatic rings. The Hall–Kier alpha value is -1.76. The Bertz CT molecular complexity index is 434. The molecule has 1 N–H and O–H groups in total. The van der Waals surface area contributed by atoms with Crippen molar-refractivity contribution in [2.45, 2.75) is 20.0 Å². The van der Waals surface area contributed by atoms with Crippen LogP contribution in [-0.2, 0) is 13.1 Å². The Morgan fingerprint density at radius 2 is 2.27 bits per heavy atom. The molecule has 0 aliphatic carbocycles. The van der Waals surface area contributed by atoms with Gasteiger partial charge in [0.15, 0.2) is 0 Å². The average molecular weight is 208 g/mol. The maximum Gasteiger partial charge on any atom is 0.237 e. The number of rotatable bonds is 4. The van der Waals surface area contributed by atoms with Crippen LogP contribution in [0.5, 0.6) is 0 Å². The monoisotopic (exact) mass is 208 g/mol. The van der Waals surface area contributed by atoms with Crippen LogP contribution in [-0.4, -0.2) is 32.2 Å². The van der Waals surface area contributed by atoms with E-state index < -0.39 is 0 Å². The van der Waals surface area contributed by atoms with Gasteiger partial charge in [-0.1, -0.05) is 5.21 Å². The fourth-order valence-corrected chi connectivity index (χ4v) is 1.22. The van der Waals surface area contributed by atoms with Gasteiger partial charge in [0, 0.05) is 13.5 Å². The molecule has 0 atom stereocenters. The van der Waals surface area contributed by atoms with Gasteiger partial charge >= 0.3 is 0 Å². The molecule has 15 heavy (non-hydrogen) atoms. The van der Waals surface area contributed by atoms with Crippen LogP contribution in [0.3, 0.4) is 0 Å². The summed E-state index contributed by atoms with van der Waals surface area (Å²) < 4.78 is 6.90. The van der Waals surface area contributed by atoms with Crippen molar-refractivity contribution in [3.05, 3.63) is 23.7 Å². The molecular formula is C8H12N6O. The van der Waals surface area contributed by atoms with Crippen LogP contribution >= 0.6 is 0 Å². The Balaban J connectivity index is 2.04. The minimum absolute atomic E-state index is 0.456. The highest BCUT2D eigenvalue weighted by Crippen LogP contribution is 2.01. The van der Waals surface area contributed by atoms with Gasteiger partial charge in [0.25, 0.3) is 0 Å². The first-order valence-electron chi connectivity index (χ1n) is 4.60. The first kappa shape index (κ1) is 9.78. The first-order valence-corrected chi connectivity index (χ1v) is 4.60. The third kappa shape index (κ3) is 2.38. The van der Waals surface area contributed by atoms with Gasteiger partial charge in [-0.25, -0.2) is 4.68 Å². The van der Waals surface area contributed by atoms with E-state index >= 15 is 0 Å². The van der Waals surface area contributed by atoms with Crippen molar-refractivity contribution in [2.24, 2.45) is 0 Å². The molecule has 0 bridgehead atoms. The summed E-state index contributed by atoms with van der Waals surface area (Å²) in [6.07, 6.45) is 1.84. The number of nitrogens with zero attached hydrogens (tertiary/aromatic N) is 5. The largest absolute Gasteiger partial charge is 0.424 e. The van der Waals surface area contributed by atoms with Gasteiger partial charge in [-0.2, -0.15) is 0 Å². The van der Waals surface area contributed by atoms with Crippen molar-refractivity contribution < 1.29 is 4.42 Å². The van der Waals surface area contributed by atoms with Crippen molar-refractivity contribution in [3.63, 3.8) is 0 Å². The van der Waals surface area contributed by atoms with Crippen molar-refractivity contribution in [2.75, 3.05) is 7.05 Å². The van der Waals surface area contributed by atoms with Crippen molar-refractivity contribution in [3.8, 4) is 0 Å². The number of hydrogen-bond acceptors (Lipinski definition) is 6. The third-order valence-corrected chi connectivity index (χ3v) is 1.81. The van der Waals surface area contributed by atoms with Crippen molar-refractivity contribution in [1.82, 2.24) is 30.5 Å². The van der Waals surface area contributed by atoms with E-state index in [0.29, 0.717) is 24.9 Å². The predicted octanol–water partition coefficient (Wildman–Crippen LogP) is -0.263. The lowest BCUT2D eigenvalue weighted by Gasteiger charge is -1.93. The van der Waals surface area contributed by atoms with Crippen LogP contribution in [0.1, 0.15) is 17.5 Å². The quantitative estimate of drug-likeness (QED) is 0.745. The molecule has 2 heterocycles. The van der Waals surface area contributed by atoms with E-state index in [2.05, 4.69) is 25.8 Å². The summed E-state index contributed by atoms with van der Waals surface area (Å²) in [6.45, 7) is 2.91. The average Bonchev–Trinajstić information content (AvgIpc) is 2.78. The minimum atomic E-state index is 0.456. The minimum Gasteiger partial charge on any atom is -0.424 e. The topological polar surface area (TPSA) is 81.7 Å². The van der Waals surface area contributed by atoms with E-state index in [9.17, 15) is 0 Å². The summed E-state index contributed by atoms with van der Waals surface area (Å²) in [5.41, 5.74) is 0.883. The molecule has 0 amide bonds. The number of aryl methyl sites for hydroxylation is 1. The summed E-state index contributed by atoms with van der Waals surface area (Å²) in [6, 6.07) is 0. The molecule has 7 heteroatoms. The second kappa shape index (κ2) is 4.18. The fourth-order valence-electron chi connectivity index (χ4n) is 1.22. The van der Waals surface area contributed by atoms with Gasteiger partial charge < -0.3 is 9.73 Å². The number of nitrogens with one attached hydrogen (secondary N) is 1. The molecule has 80 valence electrons. The van der Waals surface area contributed by atoms with E-state index in [0.717, 1.165) is 5.69 Å². The molecule has 2 rings (SSSR count). The summed E-state index contributed by atoms with van der Waals surface area (Å²) >= 11 is 0. The highest BCUT2D eigenvalue weighted by atomic mass is 16.4. The highest BCUT2D eigenvalue weighted by Gasteiger charge is 2.05. The van der Waals surface area contributed by atoms with E-state index in [-0.39, 0.29) is 0 Å². The van der Waals surface area contributed by atoms with Crippen LogP contribution in [0.2, 0.25) is 0 Å². The SMILES string of the molecule is CNCc1cn(Cc2nnc(C)o2)nn1. The summed E-state index contributed by atoms with van der Waals surface area (Å²) in [5, 5.41) is 18.5. The molecule has 0 fully saturated rings. The van der Waals surface area contributed by atoms with Crippen molar-refractivity contribution in [1.29, 1.82) is 0 Å². The van der Waals surface area contributed by atoms with Crippen LogP contribution in [0.4, 0.5) is 0 Å². The Morgan fingerprint density at radius 1 is 1.40 bits per heavy atom. The zero-order valence-electron chi connectivity index (χ0n) is 8.64. The molecule has 0 aliphatic heterocycles. The van der Waals surface area contributed by atoms with Gasteiger partial charge in [0.2, 0.25) is 11.8 Å². The zero-order valence-corrected chi connectivity index (χ0v) is 8.64. The van der Waals surface area contributed by atoms with Crippen LogP contribution in [0.25, 0.3) is 0 Å². The molecule has 0 saturated heterocycles. The summed E-state index contributed by atoms with van der Waals surface area (Å²) in [7, 11) is 1.86. The Kier molecular flexibility index (Phi) is 2.72. The maximum absolute atomic E-state index is 5.23. The molecule has 0 unspecified atom stereocenters. The van der Waals surface area contributed by atoms with E-state index in [4.69, 9.17) is 4.42 Å². The smallest absolute Gasteiger partial charge is 0.237 e. The molecule has 2 aromatic rings. The second-order valence-corrected chi connectivity index (χ2v) is 3.15. The van der Waals surface area contributed by atoms with Gasteiger partial charge in [-0.05, 0) is 7.05 Å². The molecule has 0 spiro atoms. The van der Waals surface area contributed by atoms with Crippen LogP contribution in [0, 0.1) is 6.92 Å². The molecule has 7 nitrogen and oxygen atoms in total. The van der Waals surface area contributed by atoms with Gasteiger partial charge in [-0.3, -0.25) is 0 Å². The third-order valence-electron chi connectivity index (χ3n) is 1.81. The normalized spacial score (nSPS) is 10.8. The molecule has 0 saturated carbocycles. The number of hydrogen-bond donors (Lipinski definition) is 1. The maximum atomic E-state index is 5.23. The van der Waals surface area contributed by atoms with Gasteiger partial charge in [0.05, 0.1) is 11.9 Å². The van der Waals surface area contributed by atoms with Crippen LogP contribution < -0.4 is 5.32 Å². The lowest BCUT2D eigenvalue weighted by atomic mass is 10.5. The van der Waals surface area contributed by atoms with E-state index in [1.165, 1.54) is 0 Å². The molecule has 0 aromatic carbocycles. The summed E-state index contributed by atoms with van der Waals surface area (Å²) in [4.78, 5) is 0. The zero-order chi connectivity index (χ0) is 10.7.